The van der Waals surface area contributed by atoms with E-state index >= 15 is 0 Å². The summed E-state index contributed by atoms with van der Waals surface area (Å²) in [5.74, 6) is 2.27. The Hall–Kier alpha value is -1.65. The number of rotatable bonds is 12. The Morgan fingerprint density at radius 1 is 0.745 bits per heavy atom. The number of methoxy groups -OCH3 is 1. The molecule has 0 radical (unpaired) electrons. The first-order chi connectivity index (χ1) is 22.1. The van der Waals surface area contributed by atoms with E-state index in [9.17, 15) is 14.4 Å². The summed E-state index contributed by atoms with van der Waals surface area (Å²) in [6, 6.07) is 0. The fourth-order valence-corrected chi connectivity index (χ4v) is 12.5. The number of esters is 1. The summed E-state index contributed by atoms with van der Waals surface area (Å²) in [4.78, 5) is 38.7. The van der Waals surface area contributed by atoms with Crippen molar-refractivity contribution in [2.45, 2.75) is 170 Å². The lowest BCUT2D eigenvalue weighted by atomic mass is 9.32. The Balaban J connectivity index is 1.22. The molecule has 0 saturated heterocycles. The minimum absolute atomic E-state index is 0.102. The van der Waals surface area contributed by atoms with Gasteiger partial charge < -0.3 is 10.1 Å². The fourth-order valence-electron chi connectivity index (χ4n) is 12.5. The Morgan fingerprint density at radius 3 is 2.06 bits per heavy atom. The number of hydrogen-bond acceptors (Lipinski definition) is 4. The second kappa shape index (κ2) is 13.6. The molecule has 266 valence electrons. The third-order valence-corrected chi connectivity index (χ3v) is 15.6. The largest absolute Gasteiger partial charge is 0.469 e. The number of hydrogen-bond donors (Lipinski definition) is 1. The maximum atomic E-state index is 14.3. The molecule has 5 aliphatic carbocycles. The summed E-state index contributed by atoms with van der Waals surface area (Å²) in [5.41, 5.74) is 1.70. The first-order valence-electron chi connectivity index (χ1n) is 19.7. The third-order valence-electron chi connectivity index (χ3n) is 15.6. The summed E-state index contributed by atoms with van der Waals surface area (Å²) < 4.78 is 4.72. The molecular weight excluding hydrogens is 582 g/mol. The van der Waals surface area contributed by atoms with Crippen molar-refractivity contribution in [1.29, 1.82) is 0 Å². The second-order valence-corrected chi connectivity index (χ2v) is 18.8. The number of amides is 1. The molecule has 7 atom stereocenters. The highest BCUT2D eigenvalue weighted by Crippen LogP contribution is 2.76. The quantitative estimate of drug-likeness (QED) is 0.129. The Kier molecular flexibility index (Phi) is 10.6. The molecule has 0 heterocycles. The Bertz CT molecular complexity index is 1220. The average Bonchev–Trinajstić information content (AvgIpc) is 3.01. The molecule has 4 saturated carbocycles. The summed E-state index contributed by atoms with van der Waals surface area (Å²) in [6.07, 6.45) is 23.0. The number of ether oxygens (including phenoxy) is 1. The molecule has 0 spiro atoms. The lowest BCUT2D eigenvalue weighted by molar-refractivity contribution is -0.211. The van der Waals surface area contributed by atoms with Gasteiger partial charge in [0.25, 0.3) is 0 Å². The van der Waals surface area contributed by atoms with Crippen molar-refractivity contribution < 1.29 is 19.1 Å². The topological polar surface area (TPSA) is 72.5 Å². The number of unbranched alkanes of at least 4 members (excludes halogenated alkanes) is 7. The van der Waals surface area contributed by atoms with E-state index in [-0.39, 0.29) is 38.5 Å². The summed E-state index contributed by atoms with van der Waals surface area (Å²) >= 11 is 0. The molecular formula is C42H69NO4. The van der Waals surface area contributed by atoms with Crippen molar-refractivity contribution in [3.05, 3.63) is 11.6 Å². The van der Waals surface area contributed by atoms with Gasteiger partial charge in [0, 0.05) is 24.8 Å². The van der Waals surface area contributed by atoms with Gasteiger partial charge >= 0.3 is 5.97 Å². The van der Waals surface area contributed by atoms with Crippen LogP contribution in [0.25, 0.3) is 0 Å². The van der Waals surface area contributed by atoms with Gasteiger partial charge in [-0.25, -0.2) is 0 Å². The van der Waals surface area contributed by atoms with Crippen LogP contribution in [-0.2, 0) is 19.1 Å². The number of carbonyl (C=O) groups excluding carboxylic acids is 3. The number of ketones is 1. The van der Waals surface area contributed by atoms with Crippen LogP contribution < -0.4 is 5.32 Å². The average molecular weight is 652 g/mol. The molecule has 47 heavy (non-hydrogen) atoms. The smallest absolute Gasteiger partial charge is 0.305 e. The van der Waals surface area contributed by atoms with Gasteiger partial charge in [0.2, 0.25) is 5.91 Å². The van der Waals surface area contributed by atoms with Crippen LogP contribution in [0.2, 0.25) is 0 Å². The van der Waals surface area contributed by atoms with E-state index < -0.39 is 0 Å². The molecule has 5 nitrogen and oxygen atoms in total. The van der Waals surface area contributed by atoms with Gasteiger partial charge in [0.1, 0.15) is 5.78 Å². The molecule has 0 bridgehead atoms. The van der Waals surface area contributed by atoms with Crippen molar-refractivity contribution >= 4 is 17.7 Å². The molecule has 5 aliphatic rings. The molecule has 0 aromatic carbocycles. The summed E-state index contributed by atoms with van der Waals surface area (Å²) in [5, 5.41) is 3.48. The zero-order valence-corrected chi connectivity index (χ0v) is 31.6. The standard InChI is InChI=1S/C42H69NO4/c1-37(2)24-26-42(36(46)43-28-16-14-12-10-9-11-13-15-17-35(45)47-8)27-25-40(6)30(31(42)29-37)18-19-33-39(5)22-21-34(44)38(3,4)32(39)20-23-41(33,40)7/h29-30,32-33H,9-28H2,1-8H3,(H,43,46)/t30-,32+,33-,39+,40-,41-,42+/m1/s1. The summed E-state index contributed by atoms with van der Waals surface area (Å²) in [7, 11) is 1.46. The normalized spacial score (nSPS) is 38.6. The monoisotopic (exact) mass is 652 g/mol. The second-order valence-electron chi connectivity index (χ2n) is 18.8. The molecule has 0 unspecified atom stereocenters. The van der Waals surface area contributed by atoms with E-state index in [4.69, 9.17) is 4.74 Å². The SMILES string of the molecule is COC(=O)CCCCCCCCCCNC(=O)[C@]12CCC(C)(C)C=C1[C@H]1CC[C@@H]3[C@@]4(C)CCC(=O)C(C)(C)[C@@H]4CC[C@@]3(C)[C@]1(C)CC2. The van der Waals surface area contributed by atoms with Gasteiger partial charge in [-0.2, -0.15) is 0 Å². The molecule has 0 aromatic heterocycles. The zero-order valence-electron chi connectivity index (χ0n) is 31.6. The number of nitrogens with one attached hydrogen (secondary N) is 1. The molecule has 5 rings (SSSR count). The number of Topliss-reactive ketones (excluding diaryl/α,β-unsaturated/α-hetero) is 1. The van der Waals surface area contributed by atoms with E-state index in [2.05, 4.69) is 59.9 Å². The van der Waals surface area contributed by atoms with Crippen LogP contribution in [0.15, 0.2) is 11.6 Å². The van der Waals surface area contributed by atoms with Crippen LogP contribution in [-0.4, -0.2) is 31.3 Å². The first-order valence-corrected chi connectivity index (χ1v) is 19.7. The van der Waals surface area contributed by atoms with Crippen LogP contribution in [0.5, 0.6) is 0 Å². The minimum Gasteiger partial charge on any atom is -0.469 e. The number of fused-ring (bicyclic) bond motifs is 7. The van der Waals surface area contributed by atoms with Gasteiger partial charge in [-0.3, -0.25) is 14.4 Å². The molecule has 1 amide bonds. The van der Waals surface area contributed by atoms with Crippen molar-refractivity contribution in [2.24, 2.45) is 50.2 Å². The number of allylic oxidation sites excluding steroid dienone is 1. The van der Waals surface area contributed by atoms with Crippen LogP contribution in [0, 0.1) is 50.2 Å². The van der Waals surface area contributed by atoms with Gasteiger partial charge in [0.15, 0.2) is 0 Å². The molecule has 0 aliphatic heterocycles. The van der Waals surface area contributed by atoms with Gasteiger partial charge in [-0.05, 0) is 110 Å². The van der Waals surface area contributed by atoms with Crippen molar-refractivity contribution in [1.82, 2.24) is 5.32 Å². The van der Waals surface area contributed by atoms with Crippen molar-refractivity contribution in [2.75, 3.05) is 13.7 Å². The maximum Gasteiger partial charge on any atom is 0.305 e. The third kappa shape index (κ3) is 6.42. The highest BCUT2D eigenvalue weighted by molar-refractivity contribution is 5.87. The van der Waals surface area contributed by atoms with Crippen LogP contribution in [0.3, 0.4) is 0 Å². The van der Waals surface area contributed by atoms with Crippen LogP contribution in [0.4, 0.5) is 0 Å². The van der Waals surface area contributed by atoms with Crippen LogP contribution in [0.1, 0.15) is 170 Å². The molecule has 5 heteroatoms. The highest BCUT2D eigenvalue weighted by Gasteiger charge is 2.69. The Morgan fingerprint density at radius 2 is 1.38 bits per heavy atom. The molecule has 4 fully saturated rings. The molecule has 1 N–H and O–H groups in total. The van der Waals surface area contributed by atoms with Crippen molar-refractivity contribution in [3.8, 4) is 0 Å². The number of carbonyl (C=O) groups is 3. The minimum atomic E-state index is -0.340. The lowest BCUT2D eigenvalue weighted by Gasteiger charge is -2.72. The predicted molar refractivity (Wildman–Crippen MR) is 191 cm³/mol. The van der Waals surface area contributed by atoms with E-state index in [1.807, 2.05) is 0 Å². The van der Waals surface area contributed by atoms with Gasteiger partial charge in [0.05, 0.1) is 12.5 Å². The van der Waals surface area contributed by atoms with Crippen LogP contribution >= 0.6 is 0 Å². The Labute approximate surface area is 287 Å². The highest BCUT2D eigenvalue weighted by atomic mass is 16.5. The van der Waals surface area contributed by atoms with E-state index in [0.717, 1.165) is 77.2 Å². The fraction of sp³-hybridized carbons (Fsp3) is 0.881. The maximum absolute atomic E-state index is 14.3. The van der Waals surface area contributed by atoms with Gasteiger partial charge in [-0.15, -0.1) is 0 Å². The zero-order chi connectivity index (χ0) is 34.3. The van der Waals surface area contributed by atoms with Gasteiger partial charge in [-0.1, -0.05) is 98.6 Å². The lowest BCUT2D eigenvalue weighted by Crippen LogP contribution is -2.66. The van der Waals surface area contributed by atoms with E-state index in [0.29, 0.717) is 35.9 Å². The van der Waals surface area contributed by atoms with E-state index in [1.165, 1.54) is 57.6 Å². The molecule has 0 aromatic rings. The van der Waals surface area contributed by atoms with E-state index in [1.54, 1.807) is 0 Å². The van der Waals surface area contributed by atoms with Crippen molar-refractivity contribution in [3.63, 3.8) is 0 Å². The predicted octanol–water partition coefficient (Wildman–Crippen LogP) is 10.2. The first kappa shape index (κ1) is 36.6. The summed E-state index contributed by atoms with van der Waals surface area (Å²) in [6.45, 7) is 17.9.